The highest BCUT2D eigenvalue weighted by Gasteiger charge is 2.53. The molecule has 2 N–H and O–H groups in total. The van der Waals surface area contributed by atoms with Gasteiger partial charge in [-0.2, -0.15) is 4.31 Å². The van der Waals surface area contributed by atoms with Gasteiger partial charge in [0.15, 0.2) is 5.03 Å². The first-order valence-corrected chi connectivity index (χ1v) is 18.9. The Morgan fingerprint density at radius 1 is 0.961 bits per heavy atom. The summed E-state index contributed by atoms with van der Waals surface area (Å²) in [6, 6.07) is 10.5. The molecule has 13 nitrogen and oxygen atoms in total. The number of nitrogens with zero attached hydrogens (tertiary/aromatic N) is 6. The molecule has 1 aliphatic carbocycles. The zero-order valence-corrected chi connectivity index (χ0v) is 29.9. The molecular formula is C35H35Cl2N7O6S. The maximum absolute atomic E-state index is 14.6. The average Bonchev–Trinajstić information content (AvgIpc) is 3.83. The fourth-order valence-electron chi connectivity index (χ4n) is 7.56. The van der Waals surface area contributed by atoms with Crippen LogP contribution < -0.4 is 10.2 Å². The van der Waals surface area contributed by atoms with E-state index in [1.807, 2.05) is 24.3 Å². The molecule has 4 atom stereocenters. The van der Waals surface area contributed by atoms with E-state index in [1.165, 1.54) is 28.1 Å². The zero-order valence-electron chi connectivity index (χ0n) is 27.6. The molecule has 1 saturated heterocycles. The summed E-state index contributed by atoms with van der Waals surface area (Å²) in [5, 5.41) is 12.9. The Kier molecular flexibility index (Phi) is 9.37. The van der Waals surface area contributed by atoms with E-state index in [4.69, 9.17) is 23.2 Å². The largest absolute Gasteiger partial charge is 0.481 e. The van der Waals surface area contributed by atoms with E-state index in [0.29, 0.717) is 24.9 Å². The van der Waals surface area contributed by atoms with Gasteiger partial charge in [-0.05, 0) is 61.9 Å². The van der Waals surface area contributed by atoms with Gasteiger partial charge >= 0.3 is 5.97 Å². The number of carboxylic acid groups (broad SMARTS) is 1. The molecule has 4 aromatic rings. The molecule has 1 saturated carbocycles. The minimum absolute atomic E-state index is 0.0594. The number of halogens is 2. The molecule has 0 bridgehead atoms. The van der Waals surface area contributed by atoms with Crippen LogP contribution in [0.4, 0.5) is 11.6 Å². The molecule has 266 valence electrons. The second-order valence-corrected chi connectivity index (χ2v) is 16.1. The number of carbonyl (C=O) groups is 3. The van der Waals surface area contributed by atoms with Gasteiger partial charge in [-0.3, -0.25) is 19.0 Å². The summed E-state index contributed by atoms with van der Waals surface area (Å²) >= 11 is 12.7. The van der Waals surface area contributed by atoms with Crippen molar-refractivity contribution >= 4 is 62.6 Å². The number of hydrogen-bond acceptors (Lipinski definition) is 8. The molecule has 51 heavy (non-hydrogen) atoms. The van der Waals surface area contributed by atoms with Crippen molar-refractivity contribution in [3.8, 4) is 11.1 Å². The van der Waals surface area contributed by atoms with Gasteiger partial charge in [0, 0.05) is 47.0 Å². The number of aromatic nitrogens is 4. The van der Waals surface area contributed by atoms with Gasteiger partial charge in [0.1, 0.15) is 17.9 Å². The number of carboxylic acids is 1. The maximum atomic E-state index is 14.6. The summed E-state index contributed by atoms with van der Waals surface area (Å²) in [4.78, 5) is 54.1. The monoisotopic (exact) mass is 751 g/mol. The van der Waals surface area contributed by atoms with Gasteiger partial charge in [-0.1, -0.05) is 60.3 Å². The number of fused-ring (bicyclic) bond motifs is 1. The van der Waals surface area contributed by atoms with Crippen LogP contribution in [0.2, 0.25) is 10.0 Å². The summed E-state index contributed by atoms with van der Waals surface area (Å²) in [5.41, 5.74) is 1.25. The molecule has 0 radical (unpaired) electrons. The molecule has 2 fully saturated rings. The van der Waals surface area contributed by atoms with Crippen LogP contribution in [0.15, 0.2) is 72.4 Å². The van der Waals surface area contributed by atoms with Crippen molar-refractivity contribution in [1.29, 1.82) is 0 Å². The Morgan fingerprint density at radius 2 is 1.65 bits per heavy atom. The quantitative estimate of drug-likeness (QED) is 0.234. The minimum atomic E-state index is -4.43. The predicted molar refractivity (Wildman–Crippen MR) is 189 cm³/mol. The fraction of sp³-hybridized carbons (Fsp3) is 0.371. The number of benzene rings is 2. The molecule has 4 heterocycles. The lowest BCUT2D eigenvalue weighted by atomic mass is 9.84. The molecule has 0 spiro atoms. The lowest BCUT2D eigenvalue weighted by Gasteiger charge is -2.32. The van der Waals surface area contributed by atoms with Crippen molar-refractivity contribution in [3.63, 3.8) is 0 Å². The van der Waals surface area contributed by atoms with Crippen LogP contribution in [-0.2, 0) is 36.4 Å². The van der Waals surface area contributed by atoms with Gasteiger partial charge < -0.3 is 10.4 Å². The third kappa shape index (κ3) is 6.39. The molecule has 16 heteroatoms. The second-order valence-electron chi connectivity index (χ2n) is 13.4. The van der Waals surface area contributed by atoms with E-state index in [9.17, 15) is 27.9 Å². The molecule has 4 unspecified atom stereocenters. The van der Waals surface area contributed by atoms with Crippen molar-refractivity contribution in [1.82, 2.24) is 29.1 Å². The topological polar surface area (TPSA) is 168 Å². The van der Waals surface area contributed by atoms with E-state index in [0.717, 1.165) is 33.8 Å². The zero-order chi connectivity index (χ0) is 36.1. The fourth-order valence-corrected chi connectivity index (χ4v) is 9.92. The lowest BCUT2D eigenvalue weighted by molar-refractivity contribution is -0.144. The first kappa shape index (κ1) is 35.1. The second kappa shape index (κ2) is 13.6. The Morgan fingerprint density at radius 3 is 2.33 bits per heavy atom. The number of anilines is 2. The normalized spacial score (nSPS) is 23.7. The van der Waals surface area contributed by atoms with E-state index in [-0.39, 0.29) is 40.4 Å². The van der Waals surface area contributed by atoms with Crippen LogP contribution in [0.3, 0.4) is 0 Å². The minimum Gasteiger partial charge on any atom is -0.481 e. The summed E-state index contributed by atoms with van der Waals surface area (Å²) in [6.45, 7) is 1.73. The maximum Gasteiger partial charge on any atom is 0.308 e. The number of sulfonamides is 1. The molecule has 2 aliphatic heterocycles. The van der Waals surface area contributed by atoms with Crippen molar-refractivity contribution in [2.75, 3.05) is 11.4 Å². The van der Waals surface area contributed by atoms with Crippen LogP contribution in [0, 0.1) is 5.92 Å². The highest BCUT2D eigenvalue weighted by molar-refractivity contribution is 7.89. The molecule has 2 amide bonds. The van der Waals surface area contributed by atoms with Crippen LogP contribution in [-0.4, -0.2) is 73.8 Å². The smallest absolute Gasteiger partial charge is 0.308 e. The highest BCUT2D eigenvalue weighted by atomic mass is 35.5. The van der Waals surface area contributed by atoms with Crippen LogP contribution >= 0.6 is 23.2 Å². The Hall–Kier alpha value is -4.37. The third-order valence-electron chi connectivity index (χ3n) is 10.1. The number of imidazole rings is 1. The van der Waals surface area contributed by atoms with Gasteiger partial charge in [-0.15, -0.1) is 0 Å². The van der Waals surface area contributed by atoms with Crippen molar-refractivity contribution in [2.24, 2.45) is 5.92 Å². The number of amides is 2. The SMILES string of the molecule is CC1(Cc2ccc(-c3cncnc3)cc2)C(=O)N(c2cc(Cl)cc(Cl)c2)c2ncc(S(=O)(=O)N3CCCC3C(=O)NC3CCCCC3C(=O)O)n21. The number of aliphatic carboxylic acids is 1. The number of carbonyl (C=O) groups excluding carboxylic acids is 2. The van der Waals surface area contributed by atoms with E-state index >= 15 is 0 Å². The van der Waals surface area contributed by atoms with Gasteiger partial charge in [0.2, 0.25) is 11.9 Å². The summed E-state index contributed by atoms with van der Waals surface area (Å²) in [5.74, 6) is -2.64. The van der Waals surface area contributed by atoms with Gasteiger partial charge in [-0.25, -0.2) is 28.3 Å². The molecular weight excluding hydrogens is 717 g/mol. The molecule has 7 rings (SSSR count). The standard InChI is InChI=1S/C35H35Cl2N7O6S/c1-35(16-21-8-10-22(11-9-21)23-17-38-20-39-18-23)33(48)43(26-14-24(36)13-25(37)15-26)34-40-19-30(44(34)35)51(49,50)42-12-4-7-29(42)31(45)41-28-6-3-2-5-27(28)32(46)47/h8-11,13-15,17-20,27-29H,2-7,12,16H2,1H3,(H,41,45)(H,46,47). The van der Waals surface area contributed by atoms with E-state index < -0.39 is 51.3 Å². The average molecular weight is 753 g/mol. The van der Waals surface area contributed by atoms with Crippen molar-refractivity contribution < 1.29 is 27.9 Å². The predicted octanol–water partition coefficient (Wildman–Crippen LogP) is 5.20. The Labute approximate surface area is 304 Å². The summed E-state index contributed by atoms with van der Waals surface area (Å²) in [7, 11) is -4.43. The van der Waals surface area contributed by atoms with E-state index in [2.05, 4.69) is 20.3 Å². The van der Waals surface area contributed by atoms with Crippen molar-refractivity contribution in [3.05, 3.63) is 83.0 Å². The number of rotatable bonds is 9. The van der Waals surface area contributed by atoms with Crippen molar-refractivity contribution in [2.45, 2.75) is 74.5 Å². The first-order valence-electron chi connectivity index (χ1n) is 16.7. The van der Waals surface area contributed by atoms with E-state index in [1.54, 1.807) is 31.5 Å². The van der Waals surface area contributed by atoms with Crippen LogP contribution in [0.5, 0.6) is 0 Å². The third-order valence-corrected chi connectivity index (χ3v) is 12.4. The Balaban J connectivity index is 1.26. The molecule has 3 aliphatic rings. The number of nitrogens with one attached hydrogen (secondary N) is 1. The Bertz CT molecular complexity index is 2090. The summed E-state index contributed by atoms with van der Waals surface area (Å²) in [6.07, 6.45) is 9.29. The first-order chi connectivity index (χ1) is 24.4. The molecule has 2 aromatic heterocycles. The summed E-state index contributed by atoms with van der Waals surface area (Å²) < 4.78 is 31.9. The lowest BCUT2D eigenvalue weighted by Crippen LogP contribution is -2.52. The van der Waals surface area contributed by atoms with Gasteiger partial charge in [0.25, 0.3) is 15.9 Å². The molecule has 2 aromatic carbocycles. The van der Waals surface area contributed by atoms with Crippen LogP contribution in [0.1, 0.15) is 51.0 Å². The van der Waals surface area contributed by atoms with Gasteiger partial charge in [0.05, 0.1) is 17.8 Å². The van der Waals surface area contributed by atoms with Crippen LogP contribution in [0.25, 0.3) is 11.1 Å². The highest BCUT2D eigenvalue weighted by Crippen LogP contribution is 2.45. The number of hydrogen-bond donors (Lipinski definition) is 2.